The van der Waals surface area contributed by atoms with Crippen LogP contribution < -0.4 is 5.32 Å². The molecule has 1 aliphatic heterocycles. The highest BCUT2D eigenvalue weighted by molar-refractivity contribution is 5.80. The van der Waals surface area contributed by atoms with Gasteiger partial charge in [-0.1, -0.05) is 197 Å². The van der Waals surface area contributed by atoms with Crippen LogP contribution in [-0.4, -0.2) is 99.6 Å². The van der Waals surface area contributed by atoms with E-state index >= 15 is 0 Å². The molecule has 0 aromatic carbocycles. The van der Waals surface area contributed by atoms with Crippen molar-refractivity contribution in [3.8, 4) is 0 Å². The summed E-state index contributed by atoms with van der Waals surface area (Å²) in [5.74, 6) is -1.24. The second kappa shape index (κ2) is 45.5. The Morgan fingerprint density at radius 3 is 1.60 bits per heavy atom. The van der Waals surface area contributed by atoms with E-state index in [1.807, 2.05) is 6.08 Å². The molecule has 0 aromatic heterocycles. The number of rotatable bonds is 45. The summed E-state index contributed by atoms with van der Waals surface area (Å²) in [6, 6.07) is -1.04. The first-order chi connectivity index (χ1) is 33.2. The van der Waals surface area contributed by atoms with Gasteiger partial charge in [-0.15, -0.1) is 0 Å². The molecule has 0 aromatic rings. The summed E-state index contributed by atoms with van der Waals surface area (Å²) in [4.78, 5) is 26.4. The van der Waals surface area contributed by atoms with Gasteiger partial charge in [0.25, 0.3) is 0 Å². The maximum Gasteiger partial charge on any atom is 0.306 e. The number of ether oxygens (including phenoxy) is 3. The van der Waals surface area contributed by atoms with E-state index in [1.165, 1.54) is 96.3 Å². The number of esters is 1. The van der Waals surface area contributed by atoms with Crippen LogP contribution in [0.5, 0.6) is 0 Å². The standard InChI is InChI=1S/C57H101NO10/c1-4-7-10-13-16-19-22-25-28-31-34-37-40-43-49(60)48(58-56(65)50(61)44-41-38-35-32-29-26-23-20-17-14-11-8-5-2)47-66-57-55(54(64)53(63)51(46-59)67-57)68-52(62)45-42-39-36-33-30-27-24-21-18-15-12-9-6-3/h8,11,17,20,26-27,29-30,40,43,48-51,53-55,57,59-61,63-64H,4-7,9-10,12-16,18-19,21-25,28,31-39,41-42,44-47H2,1-3H3,(H,58,65)/b11-8+,20-17+,29-26+,30-27-,43-40+. The van der Waals surface area contributed by atoms with Crippen molar-refractivity contribution >= 4 is 11.9 Å². The van der Waals surface area contributed by atoms with Gasteiger partial charge in [-0.2, -0.15) is 0 Å². The lowest BCUT2D eigenvalue weighted by atomic mass is 9.99. The number of carbonyl (C=O) groups is 2. The summed E-state index contributed by atoms with van der Waals surface area (Å²) in [5, 5.41) is 56.7. The molecule has 0 spiro atoms. The van der Waals surface area contributed by atoms with E-state index < -0.39 is 67.4 Å². The Morgan fingerprint density at radius 2 is 1.06 bits per heavy atom. The number of hydrogen-bond acceptors (Lipinski definition) is 10. The van der Waals surface area contributed by atoms with Crippen molar-refractivity contribution in [3.05, 3.63) is 60.8 Å². The van der Waals surface area contributed by atoms with Crippen molar-refractivity contribution in [3.63, 3.8) is 0 Å². The molecule has 8 atom stereocenters. The van der Waals surface area contributed by atoms with Crippen molar-refractivity contribution in [2.75, 3.05) is 13.2 Å². The van der Waals surface area contributed by atoms with Gasteiger partial charge in [0.15, 0.2) is 12.4 Å². The van der Waals surface area contributed by atoms with Gasteiger partial charge in [-0.05, 0) is 83.5 Å². The average molecular weight is 960 g/mol. The molecule has 6 N–H and O–H groups in total. The van der Waals surface area contributed by atoms with Crippen LogP contribution in [0.3, 0.4) is 0 Å². The summed E-state index contributed by atoms with van der Waals surface area (Å²) < 4.78 is 17.5. The molecule has 1 heterocycles. The van der Waals surface area contributed by atoms with Crippen LogP contribution >= 0.6 is 0 Å². The summed E-state index contributed by atoms with van der Waals surface area (Å²) >= 11 is 0. The smallest absolute Gasteiger partial charge is 0.306 e. The lowest BCUT2D eigenvalue weighted by Crippen LogP contribution is -2.61. The van der Waals surface area contributed by atoms with E-state index in [9.17, 15) is 35.1 Å². The highest BCUT2D eigenvalue weighted by atomic mass is 16.7. The molecule has 1 rings (SSSR count). The van der Waals surface area contributed by atoms with Gasteiger partial charge in [-0.3, -0.25) is 9.59 Å². The molecular weight excluding hydrogens is 859 g/mol. The molecule has 11 heteroatoms. The minimum Gasteiger partial charge on any atom is -0.454 e. The summed E-state index contributed by atoms with van der Waals surface area (Å²) in [5.41, 5.74) is 0. The zero-order valence-electron chi connectivity index (χ0n) is 43.2. The van der Waals surface area contributed by atoms with Crippen molar-refractivity contribution in [2.45, 2.75) is 275 Å². The molecule has 0 radical (unpaired) electrons. The fourth-order valence-corrected chi connectivity index (χ4v) is 8.25. The molecule has 1 fully saturated rings. The summed E-state index contributed by atoms with van der Waals surface area (Å²) in [6.07, 6.45) is 44.1. The molecule has 0 saturated carbocycles. The molecule has 1 saturated heterocycles. The van der Waals surface area contributed by atoms with Crippen LogP contribution in [-0.2, 0) is 23.8 Å². The lowest BCUT2D eigenvalue weighted by Gasteiger charge is -2.41. The second-order valence-electron chi connectivity index (χ2n) is 18.9. The highest BCUT2D eigenvalue weighted by Crippen LogP contribution is 2.26. The number of carbonyl (C=O) groups excluding carboxylic acids is 2. The molecule has 8 unspecified atom stereocenters. The molecule has 1 aliphatic rings. The highest BCUT2D eigenvalue weighted by Gasteiger charge is 2.47. The topological polar surface area (TPSA) is 175 Å². The number of amides is 1. The van der Waals surface area contributed by atoms with Gasteiger partial charge in [0.2, 0.25) is 5.91 Å². The molecule has 68 heavy (non-hydrogen) atoms. The molecule has 11 nitrogen and oxygen atoms in total. The van der Waals surface area contributed by atoms with E-state index in [-0.39, 0.29) is 19.4 Å². The zero-order chi connectivity index (χ0) is 49.7. The van der Waals surface area contributed by atoms with Crippen LogP contribution in [0.25, 0.3) is 0 Å². The SMILES string of the molecule is CC/C=C/C/C=C/C/C=C/CCCCCC(O)C(=O)NC(COC1OC(CO)C(O)C(O)C1OC(=O)CCCCC/C=C\CCCCCCCC)C(O)/C=C/CCCCCCCCCCCCC. The second-order valence-corrected chi connectivity index (χ2v) is 18.9. The lowest BCUT2D eigenvalue weighted by molar-refractivity contribution is -0.305. The third-order valence-corrected chi connectivity index (χ3v) is 12.7. The Morgan fingerprint density at radius 1 is 0.588 bits per heavy atom. The van der Waals surface area contributed by atoms with Crippen LogP contribution in [0.15, 0.2) is 60.8 Å². The van der Waals surface area contributed by atoms with Gasteiger partial charge in [-0.25, -0.2) is 0 Å². The number of hydrogen-bond donors (Lipinski definition) is 6. The number of unbranched alkanes of at least 4 members (excludes halogenated alkanes) is 23. The Hall–Kier alpha value is -2.64. The Balaban J connectivity index is 2.80. The number of aliphatic hydroxyl groups excluding tert-OH is 5. The third-order valence-electron chi connectivity index (χ3n) is 12.7. The molecular formula is C57H101NO10. The van der Waals surface area contributed by atoms with Crippen molar-refractivity contribution < 1.29 is 49.3 Å². The van der Waals surface area contributed by atoms with Gasteiger partial charge in [0, 0.05) is 6.42 Å². The predicted molar refractivity (Wildman–Crippen MR) is 278 cm³/mol. The number of aliphatic hydroxyl groups is 5. The van der Waals surface area contributed by atoms with Gasteiger partial charge < -0.3 is 45.1 Å². The minimum atomic E-state index is -1.62. The van der Waals surface area contributed by atoms with Crippen molar-refractivity contribution in [1.82, 2.24) is 5.32 Å². The fourth-order valence-electron chi connectivity index (χ4n) is 8.25. The van der Waals surface area contributed by atoms with E-state index in [0.717, 1.165) is 83.5 Å². The predicted octanol–water partition coefficient (Wildman–Crippen LogP) is 11.9. The number of nitrogens with one attached hydrogen (secondary N) is 1. The molecule has 394 valence electrons. The van der Waals surface area contributed by atoms with E-state index in [1.54, 1.807) is 6.08 Å². The van der Waals surface area contributed by atoms with Gasteiger partial charge in [0.05, 0.1) is 25.4 Å². The average Bonchev–Trinajstić information content (AvgIpc) is 3.33. The number of allylic oxidation sites excluding steroid dienone is 9. The normalized spacial score (nSPS) is 20.4. The van der Waals surface area contributed by atoms with Crippen molar-refractivity contribution in [1.29, 1.82) is 0 Å². The first kappa shape index (κ1) is 63.4. The third kappa shape index (κ3) is 33.8. The monoisotopic (exact) mass is 960 g/mol. The first-order valence-electron chi connectivity index (χ1n) is 27.6. The molecule has 0 bridgehead atoms. The maximum atomic E-state index is 13.3. The Kier molecular flexibility index (Phi) is 42.4. The van der Waals surface area contributed by atoms with Crippen LogP contribution in [0, 0.1) is 0 Å². The Bertz CT molecular complexity index is 1330. The van der Waals surface area contributed by atoms with Gasteiger partial charge in [0.1, 0.15) is 24.4 Å². The van der Waals surface area contributed by atoms with Crippen molar-refractivity contribution in [2.24, 2.45) is 0 Å². The van der Waals surface area contributed by atoms with Crippen LogP contribution in [0.2, 0.25) is 0 Å². The van der Waals surface area contributed by atoms with E-state index in [2.05, 4.69) is 74.7 Å². The Labute approximate surface area is 414 Å². The maximum absolute atomic E-state index is 13.3. The fraction of sp³-hybridized carbons (Fsp3) is 0.789. The quantitative estimate of drug-likeness (QED) is 0.0196. The van der Waals surface area contributed by atoms with Crippen LogP contribution in [0.1, 0.15) is 226 Å². The molecule has 0 aliphatic carbocycles. The summed E-state index contributed by atoms with van der Waals surface area (Å²) in [7, 11) is 0. The van der Waals surface area contributed by atoms with E-state index in [0.29, 0.717) is 12.8 Å². The summed E-state index contributed by atoms with van der Waals surface area (Å²) in [6.45, 7) is 5.62. The minimum absolute atomic E-state index is 0.0991. The van der Waals surface area contributed by atoms with Crippen LogP contribution in [0.4, 0.5) is 0 Å². The van der Waals surface area contributed by atoms with E-state index in [4.69, 9.17) is 14.2 Å². The largest absolute Gasteiger partial charge is 0.454 e. The first-order valence-corrected chi connectivity index (χ1v) is 27.6. The molecule has 1 amide bonds. The van der Waals surface area contributed by atoms with Gasteiger partial charge >= 0.3 is 5.97 Å². The zero-order valence-corrected chi connectivity index (χ0v) is 43.2.